The molecule has 2 aromatic heterocycles. The molecule has 1 aromatic carbocycles. The molecule has 4 nitrogen and oxygen atoms in total. The van der Waals surface area contributed by atoms with E-state index in [1.807, 2.05) is 30.3 Å². The normalized spacial score (nSPS) is 16.8. The van der Waals surface area contributed by atoms with Crippen LogP contribution in [0, 0.1) is 5.92 Å². The first-order chi connectivity index (χ1) is 12.2. The Morgan fingerprint density at radius 1 is 1.36 bits per heavy atom. The number of fused-ring (bicyclic) bond motifs is 3. The van der Waals surface area contributed by atoms with Crippen LogP contribution >= 0.6 is 23.1 Å². The van der Waals surface area contributed by atoms with Crippen molar-refractivity contribution in [2.75, 3.05) is 12.4 Å². The first-order valence-corrected chi connectivity index (χ1v) is 10.4. The lowest BCUT2D eigenvalue weighted by atomic mass is 9.89. The van der Waals surface area contributed by atoms with Gasteiger partial charge >= 0.3 is 0 Å². The van der Waals surface area contributed by atoms with Crippen LogP contribution in [0.5, 0.6) is 5.75 Å². The van der Waals surface area contributed by atoms with Crippen molar-refractivity contribution in [3.63, 3.8) is 0 Å². The van der Waals surface area contributed by atoms with Crippen LogP contribution in [0.3, 0.4) is 0 Å². The van der Waals surface area contributed by atoms with E-state index in [9.17, 15) is 4.79 Å². The number of H-pyrrole nitrogens is 1. The second-order valence-corrected chi connectivity index (χ2v) is 8.58. The lowest BCUT2D eigenvalue weighted by Gasteiger charge is -2.17. The van der Waals surface area contributed by atoms with Crippen LogP contribution in [-0.4, -0.2) is 22.3 Å². The van der Waals surface area contributed by atoms with Crippen molar-refractivity contribution in [3.05, 3.63) is 51.1 Å². The minimum atomic E-state index is 0.00327. The van der Waals surface area contributed by atoms with Crippen molar-refractivity contribution >= 4 is 33.3 Å². The fraction of sp³-hybridized carbons (Fsp3) is 0.368. The van der Waals surface area contributed by atoms with E-state index in [0.717, 1.165) is 41.0 Å². The standard InChI is InChI=1S/C19H20N2O2S2/c1-12-7-8-14-15(11-12)25-18-16(14)17(22)20-19(21-18)24-10-9-23-13-5-3-2-4-6-13/h2-6,12H,7-11H2,1H3,(H,20,21,22)/t12-/m0/s1. The molecule has 3 aromatic rings. The summed E-state index contributed by atoms with van der Waals surface area (Å²) < 4.78 is 5.69. The molecule has 0 amide bonds. The predicted octanol–water partition coefficient (Wildman–Crippen LogP) is 4.28. The average molecular weight is 373 g/mol. The van der Waals surface area contributed by atoms with Crippen LogP contribution in [0.4, 0.5) is 0 Å². The van der Waals surface area contributed by atoms with Gasteiger partial charge < -0.3 is 9.72 Å². The fourth-order valence-corrected chi connectivity index (χ4v) is 5.33. The molecule has 0 aliphatic heterocycles. The molecule has 0 spiro atoms. The van der Waals surface area contributed by atoms with E-state index in [1.54, 1.807) is 11.3 Å². The molecule has 0 saturated heterocycles. The molecule has 0 unspecified atom stereocenters. The number of aromatic nitrogens is 2. The Hall–Kier alpha value is -1.79. The molecule has 0 saturated carbocycles. The number of aromatic amines is 1. The van der Waals surface area contributed by atoms with Gasteiger partial charge in [-0.25, -0.2) is 4.98 Å². The zero-order valence-electron chi connectivity index (χ0n) is 14.1. The van der Waals surface area contributed by atoms with Gasteiger partial charge in [0.2, 0.25) is 0 Å². The number of para-hydroxylation sites is 1. The van der Waals surface area contributed by atoms with Crippen LogP contribution in [0.2, 0.25) is 0 Å². The van der Waals surface area contributed by atoms with Crippen LogP contribution < -0.4 is 10.3 Å². The van der Waals surface area contributed by atoms with Crippen molar-refractivity contribution in [2.24, 2.45) is 5.92 Å². The largest absolute Gasteiger partial charge is 0.493 e. The monoisotopic (exact) mass is 372 g/mol. The summed E-state index contributed by atoms with van der Waals surface area (Å²) in [6, 6.07) is 9.75. The van der Waals surface area contributed by atoms with Gasteiger partial charge in [-0.05, 0) is 42.9 Å². The Labute approximate surface area is 154 Å². The summed E-state index contributed by atoms with van der Waals surface area (Å²) in [5.41, 5.74) is 1.24. The summed E-state index contributed by atoms with van der Waals surface area (Å²) in [7, 11) is 0. The number of nitrogens with zero attached hydrogens (tertiary/aromatic N) is 1. The molecule has 130 valence electrons. The van der Waals surface area contributed by atoms with E-state index in [0.29, 0.717) is 17.7 Å². The summed E-state index contributed by atoms with van der Waals surface area (Å²) >= 11 is 3.22. The SMILES string of the molecule is C[C@H]1CCc2c(sc3nc(SCCOc4ccccc4)[nH]c(=O)c23)C1. The zero-order chi connectivity index (χ0) is 17.2. The quantitative estimate of drug-likeness (QED) is 0.413. The van der Waals surface area contributed by atoms with E-state index < -0.39 is 0 Å². The van der Waals surface area contributed by atoms with Gasteiger partial charge in [0.25, 0.3) is 5.56 Å². The van der Waals surface area contributed by atoms with E-state index >= 15 is 0 Å². The van der Waals surface area contributed by atoms with Gasteiger partial charge in [-0.1, -0.05) is 36.9 Å². The number of thioether (sulfide) groups is 1. The second-order valence-electron chi connectivity index (χ2n) is 6.41. The number of aryl methyl sites for hydroxylation is 1. The van der Waals surface area contributed by atoms with Gasteiger partial charge in [-0.2, -0.15) is 0 Å². The van der Waals surface area contributed by atoms with Crippen molar-refractivity contribution in [1.82, 2.24) is 9.97 Å². The first-order valence-electron chi connectivity index (χ1n) is 8.56. The van der Waals surface area contributed by atoms with Crippen molar-refractivity contribution in [2.45, 2.75) is 31.3 Å². The van der Waals surface area contributed by atoms with Gasteiger partial charge in [-0.3, -0.25) is 4.79 Å². The van der Waals surface area contributed by atoms with Crippen LogP contribution in [0.25, 0.3) is 10.2 Å². The summed E-state index contributed by atoms with van der Waals surface area (Å²) in [4.78, 5) is 22.4. The second kappa shape index (κ2) is 7.22. The van der Waals surface area contributed by atoms with Gasteiger partial charge in [0.15, 0.2) is 5.16 Å². The molecule has 0 bridgehead atoms. The molecule has 4 rings (SSSR count). The maximum absolute atomic E-state index is 12.5. The van der Waals surface area contributed by atoms with Crippen LogP contribution in [0.1, 0.15) is 23.8 Å². The molecule has 25 heavy (non-hydrogen) atoms. The summed E-state index contributed by atoms with van der Waals surface area (Å²) in [6.45, 7) is 2.86. The number of nitrogens with one attached hydrogen (secondary N) is 1. The lowest BCUT2D eigenvalue weighted by molar-refractivity contribution is 0.344. The fourth-order valence-electron chi connectivity index (χ4n) is 3.21. The van der Waals surface area contributed by atoms with Gasteiger partial charge in [0, 0.05) is 10.6 Å². The topological polar surface area (TPSA) is 55.0 Å². The molecule has 1 aliphatic carbocycles. The van der Waals surface area contributed by atoms with Crippen molar-refractivity contribution in [3.8, 4) is 5.75 Å². The maximum atomic E-state index is 12.5. The minimum Gasteiger partial charge on any atom is -0.493 e. The molecule has 0 radical (unpaired) electrons. The summed E-state index contributed by atoms with van der Waals surface area (Å²) in [5, 5.41) is 1.50. The Morgan fingerprint density at radius 3 is 3.04 bits per heavy atom. The third-order valence-corrected chi connectivity index (χ3v) is 6.46. The summed E-state index contributed by atoms with van der Waals surface area (Å²) in [6.07, 6.45) is 3.23. The number of ether oxygens (including phenoxy) is 1. The molecule has 1 atom stereocenters. The highest BCUT2D eigenvalue weighted by molar-refractivity contribution is 7.99. The van der Waals surface area contributed by atoms with Gasteiger partial charge in [0.1, 0.15) is 10.6 Å². The molecular weight excluding hydrogens is 352 g/mol. The zero-order valence-corrected chi connectivity index (χ0v) is 15.7. The lowest BCUT2D eigenvalue weighted by Crippen LogP contribution is -2.13. The Morgan fingerprint density at radius 2 is 2.20 bits per heavy atom. The Balaban J connectivity index is 1.47. The molecule has 1 N–H and O–H groups in total. The smallest absolute Gasteiger partial charge is 0.260 e. The van der Waals surface area contributed by atoms with Crippen molar-refractivity contribution in [1.29, 1.82) is 0 Å². The van der Waals surface area contributed by atoms with Crippen LogP contribution in [0.15, 0.2) is 40.3 Å². The molecule has 0 fully saturated rings. The van der Waals surface area contributed by atoms with Crippen molar-refractivity contribution < 1.29 is 4.74 Å². The molecule has 2 heterocycles. The Kier molecular flexibility index (Phi) is 4.81. The minimum absolute atomic E-state index is 0.00327. The predicted molar refractivity (Wildman–Crippen MR) is 104 cm³/mol. The Bertz CT molecular complexity index is 934. The number of hydrogen-bond acceptors (Lipinski definition) is 5. The third kappa shape index (κ3) is 3.60. The molecule has 1 aliphatic rings. The van der Waals surface area contributed by atoms with Crippen LogP contribution in [-0.2, 0) is 12.8 Å². The van der Waals surface area contributed by atoms with E-state index in [-0.39, 0.29) is 5.56 Å². The highest BCUT2D eigenvalue weighted by atomic mass is 32.2. The van der Waals surface area contributed by atoms with E-state index in [4.69, 9.17) is 4.74 Å². The highest BCUT2D eigenvalue weighted by Gasteiger charge is 2.22. The molecule has 6 heteroatoms. The number of hydrogen-bond donors (Lipinski definition) is 1. The first kappa shape index (κ1) is 16.7. The third-order valence-electron chi connectivity index (χ3n) is 4.48. The van der Waals surface area contributed by atoms with E-state index in [1.165, 1.54) is 22.2 Å². The number of benzene rings is 1. The number of thiophene rings is 1. The maximum Gasteiger partial charge on any atom is 0.260 e. The summed E-state index contributed by atoms with van der Waals surface area (Å²) in [5.74, 6) is 2.30. The molecular formula is C19H20N2O2S2. The van der Waals surface area contributed by atoms with Gasteiger partial charge in [0.05, 0.1) is 12.0 Å². The number of rotatable bonds is 5. The van der Waals surface area contributed by atoms with E-state index in [2.05, 4.69) is 16.9 Å². The highest BCUT2D eigenvalue weighted by Crippen LogP contribution is 2.36. The average Bonchev–Trinajstić information content (AvgIpc) is 2.97. The van der Waals surface area contributed by atoms with Gasteiger partial charge in [-0.15, -0.1) is 11.3 Å².